The summed E-state index contributed by atoms with van der Waals surface area (Å²) in [5.41, 5.74) is 17.8. The van der Waals surface area contributed by atoms with E-state index in [0.29, 0.717) is 0 Å². The van der Waals surface area contributed by atoms with E-state index in [1.807, 2.05) is 0 Å². The second-order valence-electron chi connectivity index (χ2n) is 15.9. The zero-order valence-electron chi connectivity index (χ0n) is 30.3. The smallest absolute Gasteiger partial charge is 0.0487 e. The molecule has 0 saturated carbocycles. The minimum atomic E-state index is 0.0271. The zero-order chi connectivity index (χ0) is 35.5. The lowest BCUT2D eigenvalue weighted by molar-refractivity contribution is 0.543. The van der Waals surface area contributed by atoms with Crippen molar-refractivity contribution in [1.82, 2.24) is 39.9 Å². The molecule has 0 spiro atoms. The van der Waals surface area contributed by atoms with Crippen LogP contribution in [0.25, 0.3) is 44.1 Å². The van der Waals surface area contributed by atoms with Crippen LogP contribution in [0.5, 0.6) is 0 Å². The summed E-state index contributed by atoms with van der Waals surface area (Å²) in [6.45, 7) is 9.03. The number of nitrogens with one attached hydrogen (secondary N) is 4. The summed E-state index contributed by atoms with van der Waals surface area (Å²) in [7, 11) is 0. The van der Waals surface area contributed by atoms with Crippen LogP contribution < -0.4 is 0 Å². The van der Waals surface area contributed by atoms with Crippen LogP contribution in [0.2, 0.25) is 0 Å². The van der Waals surface area contributed by atoms with Crippen molar-refractivity contribution in [3.8, 4) is 0 Å². The molecule has 0 atom stereocenters. The van der Waals surface area contributed by atoms with Gasteiger partial charge >= 0.3 is 0 Å². The molecule has 8 heteroatoms. The second-order valence-corrected chi connectivity index (χ2v) is 15.9. The van der Waals surface area contributed by atoms with Gasteiger partial charge in [-0.3, -0.25) is 19.9 Å². The topological polar surface area (TPSA) is 115 Å². The van der Waals surface area contributed by atoms with E-state index in [4.69, 9.17) is 19.9 Å². The third kappa shape index (κ3) is 6.81. The number of aromatic nitrogens is 8. The van der Waals surface area contributed by atoms with Gasteiger partial charge in [-0.15, -0.1) is 0 Å². The molecule has 0 aromatic carbocycles. The van der Waals surface area contributed by atoms with Crippen molar-refractivity contribution in [2.45, 2.75) is 77.0 Å². The second kappa shape index (κ2) is 12.5. The Morgan fingerprint density at radius 3 is 0.885 bits per heavy atom. The first kappa shape index (κ1) is 32.2. The predicted molar refractivity (Wildman–Crippen MR) is 210 cm³/mol. The molecule has 52 heavy (non-hydrogen) atoms. The van der Waals surface area contributed by atoms with Crippen LogP contribution in [0.4, 0.5) is 0 Å². The van der Waals surface area contributed by atoms with Crippen LogP contribution in [0.1, 0.15) is 73.2 Å². The average molecular weight is 685 g/mol. The summed E-state index contributed by atoms with van der Waals surface area (Å²) in [6, 6.07) is 34.2. The summed E-state index contributed by atoms with van der Waals surface area (Å²) in [4.78, 5) is 33.3. The van der Waals surface area contributed by atoms with Gasteiger partial charge in [-0.1, -0.05) is 27.7 Å². The van der Waals surface area contributed by atoms with E-state index in [1.165, 1.54) is 0 Å². The Labute approximate surface area is 302 Å². The summed E-state index contributed by atoms with van der Waals surface area (Å²) < 4.78 is 0. The van der Waals surface area contributed by atoms with E-state index >= 15 is 0 Å². The Morgan fingerprint density at radius 1 is 0.346 bits per heavy atom. The summed E-state index contributed by atoms with van der Waals surface area (Å²) >= 11 is 0. The van der Waals surface area contributed by atoms with E-state index in [2.05, 4.69) is 145 Å². The summed E-state index contributed by atoms with van der Waals surface area (Å²) in [5.74, 6) is 0. The molecule has 6 aromatic heterocycles. The van der Waals surface area contributed by atoms with Crippen molar-refractivity contribution in [1.29, 1.82) is 0 Å². The number of fused-ring (bicyclic) bond motifs is 16. The van der Waals surface area contributed by atoms with Crippen molar-refractivity contribution < 1.29 is 0 Å². The molecule has 4 N–H and O–H groups in total. The molecule has 4 aliphatic rings. The number of aromatic amines is 4. The maximum Gasteiger partial charge on any atom is 0.0487 e. The van der Waals surface area contributed by atoms with Crippen molar-refractivity contribution in [2.24, 2.45) is 0 Å². The molecule has 0 radical (unpaired) electrons. The van der Waals surface area contributed by atoms with Crippen molar-refractivity contribution in [3.05, 3.63) is 143 Å². The molecule has 0 amide bonds. The monoisotopic (exact) mass is 684 g/mol. The van der Waals surface area contributed by atoms with Crippen LogP contribution in [-0.2, 0) is 49.4 Å². The van der Waals surface area contributed by atoms with Gasteiger partial charge in [0, 0.05) is 113 Å². The van der Waals surface area contributed by atoms with Crippen LogP contribution >= 0.6 is 0 Å². The van der Waals surface area contributed by atoms with Crippen molar-refractivity contribution >= 4 is 44.1 Å². The maximum atomic E-state index is 4.93. The van der Waals surface area contributed by atoms with Gasteiger partial charge in [-0.25, -0.2) is 0 Å². The largest absolute Gasteiger partial charge is 0.355 e. The summed E-state index contributed by atoms with van der Waals surface area (Å²) in [5, 5.41) is 0. The van der Waals surface area contributed by atoms with Gasteiger partial charge in [0.15, 0.2) is 0 Å². The van der Waals surface area contributed by atoms with Crippen LogP contribution in [0.3, 0.4) is 0 Å². The Kier molecular flexibility index (Phi) is 7.72. The molecule has 0 saturated heterocycles. The number of H-pyrrole nitrogens is 4. The number of hydrogen-bond donors (Lipinski definition) is 4. The highest BCUT2D eigenvalue weighted by atomic mass is 14.8. The van der Waals surface area contributed by atoms with E-state index in [0.717, 1.165) is 128 Å². The fourth-order valence-corrected chi connectivity index (χ4v) is 7.69. The maximum absolute atomic E-state index is 4.93. The normalized spacial score (nSPS) is 15.9. The molecule has 0 unspecified atom stereocenters. The zero-order valence-corrected chi connectivity index (χ0v) is 30.3. The van der Waals surface area contributed by atoms with Gasteiger partial charge in [0.2, 0.25) is 0 Å². The first-order chi connectivity index (χ1) is 25.1. The van der Waals surface area contributed by atoms with E-state index < -0.39 is 0 Å². The Balaban J connectivity index is 0.000000140. The van der Waals surface area contributed by atoms with Crippen LogP contribution in [0.15, 0.2) is 97.1 Å². The van der Waals surface area contributed by atoms with Gasteiger partial charge in [0.1, 0.15) is 0 Å². The van der Waals surface area contributed by atoms with Gasteiger partial charge in [-0.05, 0) is 123 Å². The lowest BCUT2D eigenvalue weighted by Gasteiger charge is -2.15. The highest BCUT2D eigenvalue weighted by Gasteiger charge is 2.29. The molecule has 8 nitrogen and oxygen atoms in total. The molecule has 4 aliphatic heterocycles. The third-order valence-corrected chi connectivity index (χ3v) is 10.5. The quantitative estimate of drug-likeness (QED) is 0.128. The fourth-order valence-electron chi connectivity index (χ4n) is 7.69. The number of rotatable bonds is 0. The molecular weight excluding hydrogens is 641 g/mol. The third-order valence-electron chi connectivity index (χ3n) is 10.5. The standard InChI is InChI=1S/C24H26N4.C20H18N4/c1-23(2)13-19-9-15-6-8-18(26-15)12-22-24(3,4)14-20(28-22)10-16-5-7-17(25-16)11-21(23)27-19;1-2-14-10-16-5-6-18(23-16)12-20-8-7-19(24-20)11-17-4-3-15(22-17)9-13(1)21-14/h5-12,25-26H,13-14H2,1-4H3;1-2,7-12,21,24H,3-6H2. The summed E-state index contributed by atoms with van der Waals surface area (Å²) in [6.07, 6.45) is 5.85. The molecule has 10 heterocycles. The highest BCUT2D eigenvalue weighted by molar-refractivity contribution is 5.64. The van der Waals surface area contributed by atoms with E-state index in [9.17, 15) is 0 Å². The number of hydrogen-bond acceptors (Lipinski definition) is 4. The molecule has 0 fully saturated rings. The number of aryl methyl sites for hydroxylation is 4. The first-order valence-electron chi connectivity index (χ1n) is 18.4. The molecule has 0 aliphatic carbocycles. The van der Waals surface area contributed by atoms with Gasteiger partial charge in [0.05, 0.1) is 0 Å². The lowest BCUT2D eigenvalue weighted by atomic mass is 9.87. The Bertz CT molecular complexity index is 2400. The van der Waals surface area contributed by atoms with Gasteiger partial charge < -0.3 is 19.9 Å². The van der Waals surface area contributed by atoms with E-state index in [1.54, 1.807) is 0 Å². The van der Waals surface area contributed by atoms with Crippen molar-refractivity contribution in [3.63, 3.8) is 0 Å². The SMILES string of the molecule is CC1(C)Cc2cc3ccc(cc4nc(cc5ccc(cc1n2)[nH]5)CC4(C)C)[nH]3.c1cc2cc3nc(cc4ccc(cc5nc(cc1[nH]2)CC5)[nH]4)CC3. The van der Waals surface area contributed by atoms with Gasteiger partial charge in [0.25, 0.3) is 0 Å². The average Bonchev–Trinajstić information content (AvgIpc) is 3.93. The number of nitrogens with zero attached hydrogens (tertiary/aromatic N) is 4. The molecule has 260 valence electrons. The minimum absolute atomic E-state index is 0.0271. The molecule has 16 bridgehead atoms. The van der Waals surface area contributed by atoms with E-state index in [-0.39, 0.29) is 10.8 Å². The lowest BCUT2D eigenvalue weighted by Crippen LogP contribution is -2.15. The highest BCUT2D eigenvalue weighted by Crippen LogP contribution is 2.32. The predicted octanol–water partition coefficient (Wildman–Crippen LogP) is 9.24. The van der Waals surface area contributed by atoms with Crippen molar-refractivity contribution in [2.75, 3.05) is 0 Å². The van der Waals surface area contributed by atoms with Crippen LogP contribution in [-0.4, -0.2) is 39.9 Å². The van der Waals surface area contributed by atoms with Gasteiger partial charge in [-0.2, -0.15) is 0 Å². The molecule has 10 rings (SSSR count). The minimum Gasteiger partial charge on any atom is -0.355 e. The molecular formula is C44H44N8. The Hall–Kier alpha value is -5.76. The first-order valence-corrected chi connectivity index (χ1v) is 18.4. The Morgan fingerprint density at radius 2 is 0.596 bits per heavy atom. The van der Waals surface area contributed by atoms with Crippen LogP contribution in [0, 0.1) is 0 Å². The fraction of sp³-hybridized carbons (Fsp3) is 0.273. The molecule has 6 aromatic rings.